The Kier molecular flexibility index (Phi) is 4.41. The highest BCUT2D eigenvalue weighted by Gasteiger charge is 2.08. The molecule has 1 heterocycles. The van der Waals surface area contributed by atoms with Crippen molar-refractivity contribution in [3.63, 3.8) is 0 Å². The van der Waals surface area contributed by atoms with E-state index in [-0.39, 0.29) is 0 Å². The second-order valence-corrected chi connectivity index (χ2v) is 4.95. The number of thiophene rings is 1. The Morgan fingerprint density at radius 3 is 2.79 bits per heavy atom. The van der Waals surface area contributed by atoms with E-state index in [1.54, 1.807) is 31.4 Å². The topological polar surface area (TPSA) is 51.0 Å². The van der Waals surface area contributed by atoms with Gasteiger partial charge in [-0.15, -0.1) is 11.3 Å². The van der Waals surface area contributed by atoms with Crippen LogP contribution in [0.2, 0.25) is 0 Å². The van der Waals surface area contributed by atoms with Crippen molar-refractivity contribution in [1.29, 1.82) is 0 Å². The van der Waals surface area contributed by atoms with Gasteiger partial charge in [0.05, 0.1) is 12.8 Å². The Balaban J connectivity index is 2.16. The summed E-state index contributed by atoms with van der Waals surface area (Å²) in [7, 11) is 1.59. The van der Waals surface area contributed by atoms with Gasteiger partial charge in [0.1, 0.15) is 6.61 Å². The van der Waals surface area contributed by atoms with Gasteiger partial charge in [-0.25, -0.2) is 0 Å². The Hall–Kier alpha value is -2.01. The van der Waals surface area contributed by atoms with E-state index in [9.17, 15) is 0 Å². The molecule has 0 aliphatic heterocycles. The summed E-state index contributed by atoms with van der Waals surface area (Å²) >= 11 is 1.65. The fourth-order valence-corrected chi connectivity index (χ4v) is 2.23. The summed E-state index contributed by atoms with van der Waals surface area (Å²) in [5.41, 5.74) is 1.32. The minimum atomic E-state index is 0.514. The molecule has 100 valence electrons. The smallest absolute Gasteiger partial charge is 0.161 e. The molecule has 0 fully saturated rings. The maximum atomic E-state index is 8.77. The molecule has 1 aromatic carbocycles. The van der Waals surface area contributed by atoms with Crippen molar-refractivity contribution in [3.8, 4) is 11.5 Å². The van der Waals surface area contributed by atoms with E-state index in [2.05, 4.69) is 5.16 Å². The van der Waals surface area contributed by atoms with Crippen LogP contribution >= 0.6 is 11.3 Å². The molecule has 0 radical (unpaired) electrons. The van der Waals surface area contributed by atoms with E-state index in [1.165, 1.54) is 0 Å². The maximum Gasteiger partial charge on any atom is 0.161 e. The Bertz CT molecular complexity index is 564. The highest BCUT2D eigenvalue weighted by atomic mass is 32.1. The summed E-state index contributed by atoms with van der Waals surface area (Å²) < 4.78 is 11.0. The first-order chi connectivity index (χ1) is 9.24. The lowest BCUT2D eigenvalue weighted by Gasteiger charge is -2.11. The number of oxime groups is 1. The Morgan fingerprint density at radius 1 is 1.32 bits per heavy atom. The lowest BCUT2D eigenvalue weighted by molar-refractivity contribution is 0.287. The van der Waals surface area contributed by atoms with Gasteiger partial charge in [-0.2, -0.15) is 0 Å². The summed E-state index contributed by atoms with van der Waals surface area (Å²) in [5, 5.41) is 14.0. The van der Waals surface area contributed by atoms with Gasteiger partial charge in [0.2, 0.25) is 0 Å². The van der Waals surface area contributed by atoms with Gasteiger partial charge in [-0.3, -0.25) is 0 Å². The summed E-state index contributed by atoms with van der Waals surface area (Å²) in [5.74, 6) is 1.29. The van der Waals surface area contributed by atoms with Crippen LogP contribution in [0.5, 0.6) is 11.5 Å². The average molecular weight is 277 g/mol. The van der Waals surface area contributed by atoms with Crippen molar-refractivity contribution in [2.45, 2.75) is 13.5 Å². The largest absolute Gasteiger partial charge is 0.493 e. The van der Waals surface area contributed by atoms with Crippen LogP contribution in [0.15, 0.2) is 40.9 Å². The van der Waals surface area contributed by atoms with Gasteiger partial charge >= 0.3 is 0 Å². The van der Waals surface area contributed by atoms with E-state index in [1.807, 2.05) is 29.6 Å². The zero-order valence-corrected chi connectivity index (χ0v) is 11.6. The molecule has 0 atom stereocenters. The third-order valence-electron chi connectivity index (χ3n) is 2.68. The quantitative estimate of drug-likeness (QED) is 0.516. The molecule has 2 aromatic rings. The molecule has 19 heavy (non-hydrogen) atoms. The predicted octanol–water partition coefficient (Wildman–Crippen LogP) is 3.53. The number of ether oxygens (including phenoxy) is 2. The normalized spacial score (nSPS) is 11.4. The standard InChI is InChI=1S/C14H15NO3S/c1-10(15-16)11-5-6-13(14(8-11)17-2)18-9-12-4-3-7-19-12/h3-8,16H,9H2,1-2H3/b15-10+. The monoisotopic (exact) mass is 277 g/mol. The number of rotatable bonds is 5. The van der Waals surface area contributed by atoms with Crippen LogP contribution in [0, 0.1) is 0 Å². The molecule has 0 spiro atoms. The Labute approximate surface area is 115 Å². The van der Waals surface area contributed by atoms with Crippen LogP contribution < -0.4 is 9.47 Å². The molecule has 1 N–H and O–H groups in total. The number of benzene rings is 1. The predicted molar refractivity (Wildman–Crippen MR) is 75.6 cm³/mol. The molecule has 0 aliphatic rings. The van der Waals surface area contributed by atoms with Crippen LogP contribution in [0.3, 0.4) is 0 Å². The SMILES string of the molecule is COc1cc(/C(C)=N/O)ccc1OCc1cccs1. The van der Waals surface area contributed by atoms with Gasteiger partial charge in [0.15, 0.2) is 11.5 Å². The molecule has 0 saturated carbocycles. The molecule has 0 aliphatic carbocycles. The minimum absolute atomic E-state index is 0.514. The fourth-order valence-electron chi connectivity index (χ4n) is 1.61. The second kappa shape index (κ2) is 6.24. The number of hydrogen-bond donors (Lipinski definition) is 1. The van der Waals surface area contributed by atoms with Gasteiger partial charge in [-0.05, 0) is 36.6 Å². The summed E-state index contributed by atoms with van der Waals surface area (Å²) in [6.07, 6.45) is 0. The van der Waals surface area contributed by atoms with Gasteiger partial charge in [0, 0.05) is 10.4 Å². The summed E-state index contributed by atoms with van der Waals surface area (Å²) in [4.78, 5) is 1.15. The van der Waals surface area contributed by atoms with Gasteiger partial charge in [0.25, 0.3) is 0 Å². The van der Waals surface area contributed by atoms with Crippen molar-refractivity contribution < 1.29 is 14.7 Å². The number of hydrogen-bond acceptors (Lipinski definition) is 5. The molecule has 1 aromatic heterocycles. The molecule has 0 unspecified atom stereocenters. The molecule has 0 saturated heterocycles. The van der Waals surface area contributed by atoms with Gasteiger partial charge < -0.3 is 14.7 Å². The van der Waals surface area contributed by atoms with Crippen LogP contribution in [0.1, 0.15) is 17.4 Å². The van der Waals surface area contributed by atoms with Crippen LogP contribution in [-0.4, -0.2) is 18.0 Å². The molecule has 0 bridgehead atoms. The van der Waals surface area contributed by atoms with E-state index in [0.717, 1.165) is 10.4 Å². The summed E-state index contributed by atoms with van der Waals surface area (Å²) in [6.45, 7) is 2.24. The minimum Gasteiger partial charge on any atom is -0.493 e. The number of methoxy groups -OCH3 is 1. The van der Waals surface area contributed by atoms with Crippen LogP contribution in [0.25, 0.3) is 0 Å². The third kappa shape index (κ3) is 3.26. The first-order valence-corrected chi connectivity index (χ1v) is 6.65. The fraction of sp³-hybridized carbons (Fsp3) is 0.214. The van der Waals surface area contributed by atoms with Gasteiger partial charge in [-0.1, -0.05) is 11.2 Å². The molecular weight excluding hydrogens is 262 g/mol. The number of nitrogens with zero attached hydrogens (tertiary/aromatic N) is 1. The Morgan fingerprint density at radius 2 is 2.16 bits per heavy atom. The van der Waals surface area contributed by atoms with E-state index in [0.29, 0.717) is 23.8 Å². The first kappa shape index (κ1) is 13.4. The lowest BCUT2D eigenvalue weighted by Crippen LogP contribution is -1.99. The molecule has 5 heteroatoms. The molecular formula is C14H15NO3S. The van der Waals surface area contributed by atoms with Crippen molar-refractivity contribution in [3.05, 3.63) is 46.2 Å². The third-order valence-corrected chi connectivity index (χ3v) is 3.53. The summed E-state index contributed by atoms with van der Waals surface area (Å²) in [6, 6.07) is 9.45. The van der Waals surface area contributed by atoms with E-state index >= 15 is 0 Å². The van der Waals surface area contributed by atoms with E-state index < -0.39 is 0 Å². The van der Waals surface area contributed by atoms with Crippen LogP contribution in [0.4, 0.5) is 0 Å². The zero-order valence-electron chi connectivity index (χ0n) is 10.8. The van der Waals surface area contributed by atoms with Crippen molar-refractivity contribution in [2.75, 3.05) is 7.11 Å². The van der Waals surface area contributed by atoms with Crippen molar-refractivity contribution >= 4 is 17.0 Å². The molecule has 2 rings (SSSR count). The first-order valence-electron chi connectivity index (χ1n) is 5.77. The highest BCUT2D eigenvalue weighted by molar-refractivity contribution is 7.09. The average Bonchev–Trinajstić information content (AvgIpc) is 2.97. The van der Waals surface area contributed by atoms with E-state index in [4.69, 9.17) is 14.7 Å². The van der Waals surface area contributed by atoms with Crippen molar-refractivity contribution in [2.24, 2.45) is 5.16 Å². The zero-order chi connectivity index (χ0) is 13.7. The second-order valence-electron chi connectivity index (χ2n) is 3.92. The maximum absolute atomic E-state index is 8.77. The molecule has 0 amide bonds. The van der Waals surface area contributed by atoms with Crippen LogP contribution in [-0.2, 0) is 6.61 Å². The highest BCUT2D eigenvalue weighted by Crippen LogP contribution is 2.29. The lowest BCUT2D eigenvalue weighted by atomic mass is 10.1. The van der Waals surface area contributed by atoms with Crippen molar-refractivity contribution in [1.82, 2.24) is 0 Å². The molecule has 4 nitrogen and oxygen atoms in total.